The van der Waals surface area contributed by atoms with Gasteiger partial charge in [0.2, 0.25) is 0 Å². The molecule has 2 heterocycles. The maximum Gasteiger partial charge on any atom is 0.118 e. The fraction of sp³-hybridized carbons (Fsp3) is 0.750. The van der Waals surface area contributed by atoms with Crippen LogP contribution in [0.1, 0.15) is 44.3 Å². The van der Waals surface area contributed by atoms with Crippen LogP contribution in [-0.2, 0) is 17.8 Å². The quantitative estimate of drug-likeness (QED) is 0.813. The van der Waals surface area contributed by atoms with Gasteiger partial charge in [-0.1, -0.05) is 6.92 Å². The summed E-state index contributed by atoms with van der Waals surface area (Å²) in [6.45, 7) is 14.1. The molecule has 0 bridgehead atoms. The molecule has 1 aliphatic heterocycles. The first-order valence-electron chi connectivity index (χ1n) is 7.64. The van der Waals surface area contributed by atoms with Gasteiger partial charge in [-0.3, -0.25) is 4.90 Å². The Morgan fingerprint density at radius 2 is 2.20 bits per heavy atom. The lowest BCUT2D eigenvalue weighted by atomic mass is 10.0. The van der Waals surface area contributed by atoms with Crippen LogP contribution in [0.2, 0.25) is 0 Å². The number of furan rings is 1. The van der Waals surface area contributed by atoms with Crippen molar-refractivity contribution in [3.05, 3.63) is 23.2 Å². The number of hydrogen-bond donors (Lipinski definition) is 1. The van der Waals surface area contributed by atoms with Crippen LogP contribution in [-0.4, -0.2) is 36.7 Å². The van der Waals surface area contributed by atoms with Crippen molar-refractivity contribution in [3.63, 3.8) is 0 Å². The largest absolute Gasteiger partial charge is 0.465 e. The Hall–Kier alpha value is -0.840. The smallest absolute Gasteiger partial charge is 0.118 e. The van der Waals surface area contributed by atoms with Gasteiger partial charge in [-0.2, -0.15) is 0 Å². The number of ether oxygens (including phenoxy) is 1. The summed E-state index contributed by atoms with van der Waals surface area (Å²) in [5, 5.41) is 3.43. The molecule has 0 aliphatic carbocycles. The molecule has 1 fully saturated rings. The minimum absolute atomic E-state index is 0.0829. The second-order valence-corrected chi connectivity index (χ2v) is 6.26. The van der Waals surface area contributed by atoms with Crippen molar-refractivity contribution in [2.24, 2.45) is 0 Å². The van der Waals surface area contributed by atoms with Crippen LogP contribution in [0.4, 0.5) is 0 Å². The van der Waals surface area contributed by atoms with Gasteiger partial charge in [0.05, 0.1) is 19.8 Å². The number of nitrogens with zero attached hydrogens (tertiary/aromatic N) is 1. The molecule has 1 saturated heterocycles. The van der Waals surface area contributed by atoms with Crippen molar-refractivity contribution in [1.29, 1.82) is 0 Å². The first-order chi connectivity index (χ1) is 9.53. The molecule has 0 aromatic carbocycles. The normalized spacial score (nSPS) is 19.4. The van der Waals surface area contributed by atoms with Crippen LogP contribution in [0.5, 0.6) is 0 Å². The topological polar surface area (TPSA) is 37.6 Å². The Bertz CT molecular complexity index is 426. The highest BCUT2D eigenvalue weighted by atomic mass is 16.5. The third kappa shape index (κ3) is 3.84. The summed E-state index contributed by atoms with van der Waals surface area (Å²) in [6, 6.07) is 2.20. The van der Waals surface area contributed by atoms with Crippen molar-refractivity contribution in [3.8, 4) is 0 Å². The van der Waals surface area contributed by atoms with Crippen LogP contribution in [0.3, 0.4) is 0 Å². The summed E-state index contributed by atoms with van der Waals surface area (Å²) in [6.07, 6.45) is 1.16. The number of rotatable bonds is 6. The molecule has 0 saturated carbocycles. The van der Waals surface area contributed by atoms with Crippen molar-refractivity contribution in [2.75, 3.05) is 26.3 Å². The van der Waals surface area contributed by atoms with Gasteiger partial charge >= 0.3 is 0 Å². The van der Waals surface area contributed by atoms with Crippen molar-refractivity contribution >= 4 is 0 Å². The lowest BCUT2D eigenvalue weighted by Gasteiger charge is -2.41. The molecule has 4 nitrogen and oxygen atoms in total. The Balaban J connectivity index is 1.97. The first kappa shape index (κ1) is 15.5. The molecule has 2 rings (SSSR count). The fourth-order valence-corrected chi connectivity index (χ4v) is 2.61. The van der Waals surface area contributed by atoms with E-state index in [1.165, 1.54) is 5.56 Å². The predicted molar refractivity (Wildman–Crippen MR) is 80.8 cm³/mol. The monoisotopic (exact) mass is 280 g/mol. The molecule has 1 aromatic heterocycles. The maximum atomic E-state index is 5.92. The molecule has 0 spiro atoms. The summed E-state index contributed by atoms with van der Waals surface area (Å²) < 4.78 is 11.5. The van der Waals surface area contributed by atoms with E-state index in [-0.39, 0.29) is 5.54 Å². The molecule has 4 heteroatoms. The van der Waals surface area contributed by atoms with E-state index in [0.717, 1.165) is 57.3 Å². The fourth-order valence-electron chi connectivity index (χ4n) is 2.61. The molecule has 1 N–H and O–H groups in total. The number of nitrogens with one attached hydrogen (secondary N) is 1. The van der Waals surface area contributed by atoms with Gasteiger partial charge in [0, 0.05) is 24.2 Å². The third-order valence-corrected chi connectivity index (χ3v) is 3.98. The molecule has 0 radical (unpaired) electrons. The maximum absolute atomic E-state index is 5.92. The van der Waals surface area contributed by atoms with Gasteiger partial charge in [0.25, 0.3) is 0 Å². The van der Waals surface area contributed by atoms with Crippen LogP contribution >= 0.6 is 0 Å². The lowest BCUT2D eigenvalue weighted by Crippen LogP contribution is -2.52. The molecule has 0 atom stereocenters. The zero-order valence-corrected chi connectivity index (χ0v) is 13.3. The van der Waals surface area contributed by atoms with Crippen molar-refractivity contribution in [2.45, 2.75) is 52.7 Å². The van der Waals surface area contributed by atoms with Gasteiger partial charge in [0.15, 0.2) is 0 Å². The highest BCUT2D eigenvalue weighted by Crippen LogP contribution is 2.23. The molecule has 0 unspecified atom stereocenters. The van der Waals surface area contributed by atoms with Gasteiger partial charge in [0.1, 0.15) is 11.5 Å². The van der Waals surface area contributed by atoms with Crippen molar-refractivity contribution in [1.82, 2.24) is 10.2 Å². The molecule has 1 aliphatic rings. The summed E-state index contributed by atoms with van der Waals surface area (Å²) in [4.78, 5) is 2.44. The van der Waals surface area contributed by atoms with Gasteiger partial charge in [-0.05, 0) is 39.8 Å². The van der Waals surface area contributed by atoms with E-state index in [4.69, 9.17) is 9.15 Å². The molecule has 114 valence electrons. The predicted octanol–water partition coefficient (Wildman–Crippen LogP) is 2.70. The molecular formula is C16H28N2O2. The number of morpholine rings is 1. The minimum Gasteiger partial charge on any atom is -0.465 e. The van der Waals surface area contributed by atoms with Crippen LogP contribution < -0.4 is 5.32 Å². The minimum atomic E-state index is 0.0829. The molecule has 20 heavy (non-hydrogen) atoms. The zero-order chi connectivity index (χ0) is 14.6. The van der Waals surface area contributed by atoms with E-state index in [1.54, 1.807) is 0 Å². The Morgan fingerprint density at radius 3 is 2.90 bits per heavy atom. The second-order valence-electron chi connectivity index (χ2n) is 6.26. The van der Waals surface area contributed by atoms with Crippen LogP contribution in [0.15, 0.2) is 10.5 Å². The van der Waals surface area contributed by atoms with Crippen LogP contribution in [0, 0.1) is 6.92 Å². The summed E-state index contributed by atoms with van der Waals surface area (Å²) in [5.74, 6) is 2.10. The Kier molecular flexibility index (Phi) is 5.24. The van der Waals surface area contributed by atoms with Gasteiger partial charge in [-0.15, -0.1) is 0 Å². The van der Waals surface area contributed by atoms with E-state index in [9.17, 15) is 0 Å². The van der Waals surface area contributed by atoms with Gasteiger partial charge in [-0.25, -0.2) is 0 Å². The number of aryl methyl sites for hydroxylation is 1. The number of hydrogen-bond acceptors (Lipinski definition) is 4. The summed E-state index contributed by atoms with van der Waals surface area (Å²) in [5.41, 5.74) is 1.36. The molecule has 0 amide bonds. The first-order valence-corrected chi connectivity index (χ1v) is 7.64. The average molecular weight is 280 g/mol. The van der Waals surface area contributed by atoms with E-state index in [2.05, 4.69) is 44.0 Å². The highest BCUT2D eigenvalue weighted by Gasteiger charge is 2.31. The van der Waals surface area contributed by atoms with E-state index in [1.807, 2.05) is 0 Å². The SMILES string of the molecule is CCCNCc1cc(CN2CCOCC2(C)C)oc1C. The summed E-state index contributed by atoms with van der Waals surface area (Å²) >= 11 is 0. The average Bonchev–Trinajstić information content (AvgIpc) is 2.73. The van der Waals surface area contributed by atoms with E-state index in [0.29, 0.717) is 0 Å². The second kappa shape index (κ2) is 6.74. The van der Waals surface area contributed by atoms with Crippen LogP contribution in [0.25, 0.3) is 0 Å². The molecular weight excluding hydrogens is 252 g/mol. The summed E-state index contributed by atoms with van der Waals surface area (Å²) in [7, 11) is 0. The third-order valence-electron chi connectivity index (χ3n) is 3.98. The zero-order valence-electron chi connectivity index (χ0n) is 13.3. The lowest BCUT2D eigenvalue weighted by molar-refractivity contribution is -0.0577. The van der Waals surface area contributed by atoms with Crippen molar-refractivity contribution < 1.29 is 9.15 Å². The van der Waals surface area contributed by atoms with E-state index >= 15 is 0 Å². The Labute approximate surface area is 122 Å². The standard InChI is InChI=1S/C16H28N2O2/c1-5-6-17-10-14-9-15(20-13(14)2)11-18-7-8-19-12-16(18,3)4/h9,17H,5-8,10-12H2,1-4H3. The highest BCUT2D eigenvalue weighted by molar-refractivity contribution is 5.21. The van der Waals surface area contributed by atoms with E-state index < -0.39 is 0 Å². The Morgan fingerprint density at radius 1 is 1.40 bits per heavy atom. The van der Waals surface area contributed by atoms with Gasteiger partial charge < -0.3 is 14.5 Å². The molecule has 1 aromatic rings.